The van der Waals surface area contributed by atoms with Gasteiger partial charge in [-0.2, -0.15) is 10.1 Å². The number of hydrogen-bond donors (Lipinski definition) is 0. The number of alkyl halides is 2. The third-order valence-corrected chi connectivity index (χ3v) is 6.84. The summed E-state index contributed by atoms with van der Waals surface area (Å²) in [4.78, 5) is 30.8. The first-order valence-electron chi connectivity index (χ1n) is 12.5. The number of aromatic nitrogens is 1. The molecule has 1 atom stereocenters. The summed E-state index contributed by atoms with van der Waals surface area (Å²) in [5.41, 5.74) is 5.42. The normalized spacial score (nSPS) is 15.9. The minimum atomic E-state index is -2.97. The van der Waals surface area contributed by atoms with E-state index in [4.69, 9.17) is 0 Å². The van der Waals surface area contributed by atoms with E-state index in [9.17, 15) is 18.4 Å². The molecule has 0 N–H and O–H groups in total. The predicted molar refractivity (Wildman–Crippen MR) is 142 cm³/mol. The number of amides is 1. The Morgan fingerprint density at radius 1 is 1.08 bits per heavy atom. The number of nitrogens with zero attached hydrogens (tertiary/aromatic N) is 3. The number of hydrogen-bond acceptors (Lipinski definition) is 4. The number of pyridine rings is 1. The van der Waals surface area contributed by atoms with E-state index in [-0.39, 0.29) is 30.1 Å². The molecule has 0 saturated carbocycles. The second-order valence-electron chi connectivity index (χ2n) is 9.84. The molecule has 4 rings (SSSR count). The first kappa shape index (κ1) is 26.3. The van der Waals surface area contributed by atoms with Crippen LogP contribution in [0, 0.1) is 12.8 Å². The van der Waals surface area contributed by atoms with E-state index in [0.29, 0.717) is 17.0 Å². The fraction of sp³-hybridized carbons (Fsp3) is 0.333. The number of rotatable bonds is 8. The lowest BCUT2D eigenvalue weighted by molar-refractivity contribution is -0.128. The molecular weight excluding hydrogens is 472 g/mol. The number of anilines is 1. The summed E-state index contributed by atoms with van der Waals surface area (Å²) in [7, 11) is 0. The first-order valence-corrected chi connectivity index (χ1v) is 12.5. The van der Waals surface area contributed by atoms with Gasteiger partial charge in [0.1, 0.15) is 5.92 Å². The summed E-state index contributed by atoms with van der Waals surface area (Å²) in [6, 6.07) is 13.6. The largest absolute Gasteiger partial charge is 0.298 e. The molecule has 0 aliphatic carbocycles. The molecule has 0 saturated heterocycles. The molecular formula is C30H31F2N3O2. The highest BCUT2D eigenvalue weighted by atomic mass is 19.3. The molecule has 7 heteroatoms. The molecule has 2 heterocycles. The van der Waals surface area contributed by atoms with Gasteiger partial charge in [-0.25, -0.2) is 8.78 Å². The van der Waals surface area contributed by atoms with Crippen LogP contribution >= 0.6 is 0 Å². The van der Waals surface area contributed by atoms with Gasteiger partial charge in [-0.05, 0) is 71.8 Å². The number of hydrazone groups is 1. The first-order chi connectivity index (χ1) is 17.5. The fourth-order valence-corrected chi connectivity index (χ4v) is 4.73. The van der Waals surface area contributed by atoms with E-state index < -0.39 is 17.7 Å². The lowest BCUT2D eigenvalue weighted by atomic mass is 9.90. The number of benzene rings is 2. The minimum Gasteiger partial charge on any atom is -0.298 e. The van der Waals surface area contributed by atoms with Crippen molar-refractivity contribution < 1.29 is 18.4 Å². The second kappa shape index (κ2) is 10.3. The standard InChI is InChI=1S/C30H31F2N3O2/c1-6-30(31,32)22-9-7-8-21(14-22)15-27(36)28-20(5)34-35(29(28)37)23-10-11-24(18(2)3)26(16-23)25-12-13-33-17-19(25)4/h7-14,16-18,28H,6,15H2,1-5H3. The highest BCUT2D eigenvalue weighted by Gasteiger charge is 2.39. The average Bonchev–Trinajstić information content (AvgIpc) is 3.17. The molecule has 2 aromatic carbocycles. The van der Waals surface area contributed by atoms with Crippen LogP contribution in [0.25, 0.3) is 11.1 Å². The molecule has 1 aliphatic rings. The number of aryl methyl sites for hydroxylation is 1. The zero-order chi connectivity index (χ0) is 26.9. The molecule has 3 aromatic rings. The topological polar surface area (TPSA) is 62.6 Å². The third-order valence-electron chi connectivity index (χ3n) is 6.84. The van der Waals surface area contributed by atoms with Crippen LogP contribution in [0.4, 0.5) is 14.5 Å². The zero-order valence-electron chi connectivity index (χ0n) is 21.8. The third kappa shape index (κ3) is 5.22. The lowest BCUT2D eigenvalue weighted by Crippen LogP contribution is -2.33. The Hall–Kier alpha value is -3.74. The fourth-order valence-electron chi connectivity index (χ4n) is 4.73. The van der Waals surface area contributed by atoms with Crippen molar-refractivity contribution in [2.45, 2.75) is 59.3 Å². The maximum absolute atomic E-state index is 14.2. The molecule has 5 nitrogen and oxygen atoms in total. The number of ketones is 1. The van der Waals surface area contributed by atoms with Crippen LogP contribution in [0.3, 0.4) is 0 Å². The molecule has 37 heavy (non-hydrogen) atoms. The van der Waals surface area contributed by atoms with Crippen LogP contribution in [-0.2, 0) is 21.9 Å². The Bertz CT molecular complexity index is 1380. The van der Waals surface area contributed by atoms with Crippen molar-refractivity contribution >= 4 is 23.1 Å². The zero-order valence-corrected chi connectivity index (χ0v) is 21.8. The smallest absolute Gasteiger partial charge is 0.273 e. The number of halogens is 2. The van der Waals surface area contributed by atoms with Crippen molar-refractivity contribution in [2.75, 3.05) is 5.01 Å². The van der Waals surface area contributed by atoms with Crippen LogP contribution in [0.5, 0.6) is 0 Å². The molecule has 1 unspecified atom stereocenters. The minimum absolute atomic E-state index is 0.126. The van der Waals surface area contributed by atoms with Crippen LogP contribution in [0.2, 0.25) is 0 Å². The molecule has 0 spiro atoms. The van der Waals surface area contributed by atoms with Crippen molar-refractivity contribution in [3.63, 3.8) is 0 Å². The molecule has 1 amide bonds. The summed E-state index contributed by atoms with van der Waals surface area (Å²) in [5, 5.41) is 5.71. The lowest BCUT2D eigenvalue weighted by Gasteiger charge is -2.20. The highest BCUT2D eigenvalue weighted by Crippen LogP contribution is 2.36. The quantitative estimate of drug-likeness (QED) is 0.317. The van der Waals surface area contributed by atoms with Crippen LogP contribution in [0.15, 0.2) is 66.0 Å². The Labute approximate surface area is 216 Å². The highest BCUT2D eigenvalue weighted by molar-refractivity contribution is 6.27. The number of carbonyl (C=O) groups is 2. The van der Waals surface area contributed by atoms with Crippen molar-refractivity contribution in [2.24, 2.45) is 11.0 Å². The van der Waals surface area contributed by atoms with Gasteiger partial charge in [-0.3, -0.25) is 14.6 Å². The maximum Gasteiger partial charge on any atom is 0.273 e. The van der Waals surface area contributed by atoms with Crippen molar-refractivity contribution in [3.8, 4) is 11.1 Å². The van der Waals surface area contributed by atoms with Gasteiger partial charge in [0, 0.05) is 30.8 Å². The molecule has 0 fully saturated rings. The summed E-state index contributed by atoms with van der Waals surface area (Å²) in [5.74, 6) is -4.57. The predicted octanol–water partition coefficient (Wildman–Crippen LogP) is 6.83. The number of Topliss-reactive ketones (excluding diaryl/α,β-unsaturated/α-hetero) is 1. The van der Waals surface area contributed by atoms with E-state index in [2.05, 4.69) is 23.9 Å². The number of carbonyl (C=O) groups excluding carboxylic acids is 2. The van der Waals surface area contributed by atoms with Gasteiger partial charge in [0.15, 0.2) is 5.78 Å². The van der Waals surface area contributed by atoms with Gasteiger partial charge in [0.05, 0.1) is 11.4 Å². The Balaban J connectivity index is 1.62. The van der Waals surface area contributed by atoms with Crippen LogP contribution < -0.4 is 5.01 Å². The summed E-state index contributed by atoms with van der Waals surface area (Å²) < 4.78 is 28.3. The monoisotopic (exact) mass is 503 g/mol. The van der Waals surface area contributed by atoms with Gasteiger partial charge in [-0.15, -0.1) is 0 Å². The van der Waals surface area contributed by atoms with Gasteiger partial charge < -0.3 is 0 Å². The van der Waals surface area contributed by atoms with Crippen LogP contribution in [0.1, 0.15) is 62.3 Å². The summed E-state index contributed by atoms with van der Waals surface area (Å²) in [6.45, 7) is 9.27. The second-order valence-corrected chi connectivity index (χ2v) is 9.84. The Morgan fingerprint density at radius 2 is 1.84 bits per heavy atom. The average molecular weight is 504 g/mol. The SMILES string of the molecule is CCC(F)(F)c1cccc(CC(=O)C2C(=O)N(c3ccc(C(C)C)c(-c4ccncc4C)c3)N=C2C)c1. The molecule has 1 aromatic heterocycles. The van der Waals surface area contributed by atoms with Crippen molar-refractivity contribution in [1.82, 2.24) is 4.98 Å². The van der Waals surface area contributed by atoms with Crippen molar-refractivity contribution in [1.29, 1.82) is 0 Å². The Morgan fingerprint density at radius 3 is 2.51 bits per heavy atom. The molecule has 1 aliphatic heterocycles. The van der Waals surface area contributed by atoms with Gasteiger partial charge in [-0.1, -0.05) is 45.0 Å². The van der Waals surface area contributed by atoms with Gasteiger partial charge in [0.25, 0.3) is 11.8 Å². The van der Waals surface area contributed by atoms with E-state index in [1.807, 2.05) is 31.2 Å². The van der Waals surface area contributed by atoms with Gasteiger partial charge >= 0.3 is 0 Å². The molecule has 0 radical (unpaired) electrons. The Kier molecular flexibility index (Phi) is 7.35. The van der Waals surface area contributed by atoms with E-state index in [1.165, 1.54) is 30.1 Å². The van der Waals surface area contributed by atoms with E-state index in [0.717, 1.165) is 22.3 Å². The molecule has 192 valence electrons. The van der Waals surface area contributed by atoms with E-state index in [1.54, 1.807) is 25.4 Å². The molecule has 0 bridgehead atoms. The summed E-state index contributed by atoms with van der Waals surface area (Å²) in [6.07, 6.45) is 3.08. The van der Waals surface area contributed by atoms with Crippen molar-refractivity contribution in [3.05, 3.63) is 83.2 Å². The van der Waals surface area contributed by atoms with Gasteiger partial charge in [0.2, 0.25) is 0 Å². The van der Waals surface area contributed by atoms with Crippen LogP contribution in [-0.4, -0.2) is 22.4 Å². The van der Waals surface area contributed by atoms with E-state index >= 15 is 0 Å². The summed E-state index contributed by atoms with van der Waals surface area (Å²) >= 11 is 0. The maximum atomic E-state index is 14.2.